The highest BCUT2D eigenvalue weighted by molar-refractivity contribution is 6.40. The number of nitrogens with two attached hydrogens (primary N) is 3. The lowest BCUT2D eigenvalue weighted by Crippen LogP contribution is -1.87. The Hall–Kier alpha value is -6.88. The van der Waals surface area contributed by atoms with E-state index in [-0.39, 0.29) is 0 Å². The zero-order chi connectivity index (χ0) is 40.2. The van der Waals surface area contributed by atoms with Crippen LogP contribution in [-0.4, -0.2) is 21.1 Å². The summed E-state index contributed by atoms with van der Waals surface area (Å²) in [6, 6.07) is 70.5. The predicted molar refractivity (Wildman–Crippen MR) is 258 cm³/mol. The summed E-state index contributed by atoms with van der Waals surface area (Å²) in [5.74, 6) is 0. The van der Waals surface area contributed by atoms with Crippen LogP contribution in [0.2, 0.25) is 0 Å². The highest BCUT2D eigenvalue weighted by Gasteiger charge is 2.16. The maximum atomic E-state index is 4.50. The summed E-state index contributed by atoms with van der Waals surface area (Å²) in [6.45, 7) is 0. The Morgan fingerprint density at radius 1 is 0.155 bits per heavy atom. The van der Waals surface area contributed by atoms with Gasteiger partial charge in [-0.15, -0.1) is 0 Å². The summed E-state index contributed by atoms with van der Waals surface area (Å²) in [6.07, 6.45) is 0. The Morgan fingerprint density at radius 3 is 0.345 bits per heavy atom. The van der Waals surface area contributed by atoms with E-state index in [1.807, 2.05) is 0 Å². The first kappa shape index (κ1) is 38.0. The Bertz CT molecular complexity index is 2740. The first-order valence-corrected chi connectivity index (χ1v) is 19.9. The van der Waals surface area contributed by atoms with Gasteiger partial charge in [-0.3, -0.25) is 0 Å². The molecular weight excluding hydrogens is 703 g/mol. The van der Waals surface area contributed by atoms with Gasteiger partial charge in [0.15, 0.2) is 0 Å². The number of fused-ring (bicyclic) bond motifs is 22. The molecule has 3 nitrogen and oxygen atoms in total. The Kier molecular flexibility index (Phi) is 10.9. The lowest BCUT2D eigenvalue weighted by atomic mass is 9.87. The fourth-order valence-corrected chi connectivity index (χ4v) is 9.15. The molecule has 0 atom stereocenters. The van der Waals surface area contributed by atoms with E-state index in [9.17, 15) is 0 Å². The highest BCUT2D eigenvalue weighted by Crippen LogP contribution is 2.45. The summed E-state index contributed by atoms with van der Waals surface area (Å²) >= 11 is 0. The zero-order valence-electron chi connectivity index (χ0n) is 33.2. The lowest BCUT2D eigenvalue weighted by Gasteiger charge is -2.16. The fourth-order valence-electron chi connectivity index (χ4n) is 9.15. The third-order valence-electron chi connectivity index (χ3n) is 11.2. The molecule has 0 fully saturated rings. The van der Waals surface area contributed by atoms with Crippen LogP contribution in [0.25, 0.3) is 108 Å². The van der Waals surface area contributed by atoms with Crippen molar-refractivity contribution in [3.8, 4) is 0 Å². The maximum Gasteiger partial charge on any atom is -0.00139 e. The van der Waals surface area contributed by atoms with Crippen molar-refractivity contribution in [2.45, 2.75) is 0 Å². The van der Waals surface area contributed by atoms with Crippen LogP contribution in [0, 0.1) is 0 Å². The monoisotopic (exact) mass is 749 g/mol. The van der Waals surface area contributed by atoms with Crippen molar-refractivity contribution in [3.63, 3.8) is 0 Å². The van der Waals surface area contributed by atoms with Crippen molar-refractivity contribution in [2.75, 3.05) is 21.1 Å². The largest absolute Gasteiger partial charge is 0.333 e. The van der Waals surface area contributed by atoms with Crippen molar-refractivity contribution < 1.29 is 0 Å². The second kappa shape index (κ2) is 16.7. The molecule has 0 amide bonds. The molecule has 0 aromatic heterocycles. The van der Waals surface area contributed by atoms with Gasteiger partial charge in [0.05, 0.1) is 0 Å². The van der Waals surface area contributed by atoms with Gasteiger partial charge in [-0.05, 0) is 129 Å². The van der Waals surface area contributed by atoms with Crippen molar-refractivity contribution in [2.24, 2.45) is 17.2 Å². The minimum atomic E-state index is 1.33. The Labute approximate surface area is 338 Å². The molecule has 0 aliphatic heterocycles. The molecule has 3 heteroatoms. The second-order valence-electron chi connectivity index (χ2n) is 13.9. The topological polar surface area (TPSA) is 78.1 Å². The van der Waals surface area contributed by atoms with Gasteiger partial charge in [0.25, 0.3) is 0 Å². The molecule has 0 aliphatic rings. The van der Waals surface area contributed by atoms with E-state index in [0.29, 0.717) is 0 Å². The highest BCUT2D eigenvalue weighted by atomic mass is 14.4. The van der Waals surface area contributed by atoms with Gasteiger partial charge in [-0.25, -0.2) is 0 Å². The van der Waals surface area contributed by atoms with Crippen LogP contribution in [0.5, 0.6) is 0 Å². The van der Waals surface area contributed by atoms with E-state index in [1.54, 1.807) is 0 Å². The molecule has 282 valence electrons. The van der Waals surface area contributed by atoms with E-state index in [1.165, 1.54) is 129 Å². The fraction of sp³-hybridized carbons (Fsp3) is 0.0545. The van der Waals surface area contributed by atoms with Gasteiger partial charge in [-0.2, -0.15) is 0 Å². The quantitative estimate of drug-likeness (QED) is 0.135. The molecule has 0 saturated heterocycles. The van der Waals surface area contributed by atoms with Crippen LogP contribution >= 0.6 is 0 Å². The average Bonchev–Trinajstić information content (AvgIpc) is 3.33. The number of rotatable bonds is 0. The molecule has 6 N–H and O–H groups in total. The van der Waals surface area contributed by atoms with E-state index in [2.05, 4.69) is 211 Å². The summed E-state index contributed by atoms with van der Waals surface area (Å²) in [5, 5.41) is 26.8. The van der Waals surface area contributed by atoms with Crippen molar-refractivity contribution in [1.29, 1.82) is 0 Å². The molecule has 0 spiro atoms. The van der Waals surface area contributed by atoms with Crippen LogP contribution in [0.1, 0.15) is 0 Å². The van der Waals surface area contributed by atoms with E-state index in [4.69, 9.17) is 0 Å². The van der Waals surface area contributed by atoms with Gasteiger partial charge in [0, 0.05) is 0 Å². The molecule has 12 aromatic rings. The Balaban J connectivity index is 0.000000144. The molecule has 0 heterocycles. The van der Waals surface area contributed by atoms with E-state index in [0.717, 1.165) is 0 Å². The summed E-state index contributed by atoms with van der Waals surface area (Å²) < 4.78 is 0. The summed E-state index contributed by atoms with van der Waals surface area (Å²) in [4.78, 5) is 0. The minimum absolute atomic E-state index is 1.33. The first-order chi connectivity index (χ1) is 28.9. The molecule has 0 unspecified atom stereocenters. The molecule has 0 aliphatic carbocycles. The third kappa shape index (κ3) is 6.05. The van der Waals surface area contributed by atoms with Crippen molar-refractivity contribution in [1.82, 2.24) is 0 Å². The van der Waals surface area contributed by atoms with Gasteiger partial charge < -0.3 is 17.2 Å². The van der Waals surface area contributed by atoms with E-state index >= 15 is 0 Å². The number of benzene rings is 12. The van der Waals surface area contributed by atoms with Gasteiger partial charge >= 0.3 is 0 Å². The second-order valence-corrected chi connectivity index (χ2v) is 13.9. The normalized spacial score (nSPS) is 10.9. The van der Waals surface area contributed by atoms with Crippen LogP contribution in [0.4, 0.5) is 0 Å². The standard InChI is InChI=1S/2C26H16.3CH5N/c2*1-5-13-21-17(9-1)18-10-2-6-14-22(18)26-24-16-8-4-12-20(24)19-11-3-7-15-23(19)25(21)26;3*1-2/h2*1-16H;3*2H2,1H3. The predicted octanol–water partition coefficient (Wildman–Crippen LogP) is 13.6. The number of hydrogen-bond donors (Lipinski definition) is 3. The molecule has 0 saturated carbocycles. The van der Waals surface area contributed by atoms with Crippen LogP contribution in [0.3, 0.4) is 0 Å². The van der Waals surface area contributed by atoms with Gasteiger partial charge in [0.1, 0.15) is 0 Å². The molecule has 12 aromatic carbocycles. The van der Waals surface area contributed by atoms with Gasteiger partial charge in [-0.1, -0.05) is 194 Å². The van der Waals surface area contributed by atoms with E-state index < -0.39 is 0 Å². The van der Waals surface area contributed by atoms with Crippen LogP contribution < -0.4 is 17.2 Å². The lowest BCUT2D eigenvalue weighted by molar-refractivity contribution is 1.48. The molecule has 0 radical (unpaired) electrons. The molecule has 58 heavy (non-hydrogen) atoms. The zero-order valence-corrected chi connectivity index (χ0v) is 33.2. The first-order valence-electron chi connectivity index (χ1n) is 19.9. The van der Waals surface area contributed by atoms with Crippen molar-refractivity contribution in [3.05, 3.63) is 194 Å². The van der Waals surface area contributed by atoms with Gasteiger partial charge in [0.2, 0.25) is 0 Å². The smallest absolute Gasteiger partial charge is 0.00139 e. The Morgan fingerprint density at radius 2 is 0.241 bits per heavy atom. The van der Waals surface area contributed by atoms with Crippen LogP contribution in [-0.2, 0) is 0 Å². The summed E-state index contributed by atoms with van der Waals surface area (Å²) in [7, 11) is 4.50. The van der Waals surface area contributed by atoms with Crippen molar-refractivity contribution >= 4 is 108 Å². The summed E-state index contributed by atoms with van der Waals surface area (Å²) in [5.41, 5.74) is 13.5. The van der Waals surface area contributed by atoms with Crippen LogP contribution in [0.15, 0.2) is 194 Å². The number of hydrogen-bond acceptors (Lipinski definition) is 3. The third-order valence-corrected chi connectivity index (χ3v) is 11.2. The molecule has 12 rings (SSSR count). The molecular formula is C55H47N3. The average molecular weight is 750 g/mol. The molecule has 0 bridgehead atoms. The SMILES string of the molecule is CN.CN.CN.c1ccc2c(c1)c1ccccc1c1c3ccccc3c3ccccc3c21.c1ccc2c(c1)c1ccccc1c1c3ccccc3c3ccccc3c21. The minimum Gasteiger partial charge on any atom is -0.333 e. The maximum absolute atomic E-state index is 4.50.